The number of anilines is 2. The Hall–Kier alpha value is -7.45. The molecule has 0 bridgehead atoms. The Morgan fingerprint density at radius 2 is 1.10 bits per heavy atom. The fourth-order valence-corrected chi connectivity index (χ4v) is 8.71. The Morgan fingerprint density at radius 1 is 0.630 bits per heavy atom. The van der Waals surface area contributed by atoms with Gasteiger partial charge in [0.15, 0.2) is 11.2 Å². The number of hydrogen-bond acceptors (Lipinski definition) is 15. The number of benzene rings is 2. The Kier molecular flexibility index (Phi) is 15.2. The second-order valence-electron chi connectivity index (χ2n) is 17.5. The number of rotatable bonds is 16. The summed E-state index contributed by atoms with van der Waals surface area (Å²) in [5.74, 6) is -8.20. The summed E-state index contributed by atoms with van der Waals surface area (Å²) in [5, 5.41) is 47.6. The van der Waals surface area contributed by atoms with Crippen LogP contribution in [0.5, 0.6) is 0 Å². The van der Waals surface area contributed by atoms with E-state index in [-0.39, 0.29) is 28.8 Å². The first-order valence-corrected chi connectivity index (χ1v) is 23.5. The van der Waals surface area contributed by atoms with Crippen molar-refractivity contribution in [2.45, 2.75) is 69.4 Å². The van der Waals surface area contributed by atoms with Gasteiger partial charge in [0.25, 0.3) is 0 Å². The predicted octanol–water partition coefficient (Wildman–Crippen LogP) is 6.21. The molecule has 0 spiro atoms. The molecule has 1 aliphatic heterocycles. The van der Waals surface area contributed by atoms with Crippen LogP contribution in [0, 0.1) is 17.6 Å². The van der Waals surface area contributed by atoms with Gasteiger partial charge in [-0.25, -0.2) is 37.2 Å². The number of nitrogens with zero attached hydrogens (tertiary/aromatic N) is 16. The highest BCUT2D eigenvalue weighted by Gasteiger charge is 2.58. The van der Waals surface area contributed by atoms with E-state index in [4.69, 9.17) is 0 Å². The molecule has 0 radical (unpaired) electrons. The molecule has 26 heteroatoms. The fraction of sp³-hybridized carbons (Fsp3) is 0.340. The number of alkyl halides is 4. The zero-order chi connectivity index (χ0) is 52.1. The quantitative estimate of drug-likeness (QED) is 0.103. The van der Waals surface area contributed by atoms with Crippen molar-refractivity contribution in [3.05, 3.63) is 172 Å². The Labute approximate surface area is 420 Å². The topological polar surface area (TPSA) is 213 Å². The molecular formula is C47H47BrF6N16O3. The molecule has 7 heterocycles. The van der Waals surface area contributed by atoms with Gasteiger partial charge >= 0.3 is 17.5 Å². The van der Waals surface area contributed by atoms with Crippen LogP contribution in [0.4, 0.5) is 37.7 Å². The van der Waals surface area contributed by atoms with Crippen molar-refractivity contribution in [1.29, 1.82) is 0 Å². The highest BCUT2D eigenvalue weighted by atomic mass is 79.9. The molecular weight excluding hydrogens is 1030 g/mol. The van der Waals surface area contributed by atoms with Gasteiger partial charge in [-0.15, -0.1) is 10.2 Å². The van der Waals surface area contributed by atoms with E-state index in [0.29, 0.717) is 42.2 Å². The van der Waals surface area contributed by atoms with Crippen LogP contribution in [0.25, 0.3) is 5.82 Å². The second kappa shape index (κ2) is 21.3. The third-order valence-electron chi connectivity index (χ3n) is 12.6. The molecule has 0 aliphatic carbocycles. The SMILES string of the molecule is CC[C@@H](C(C)C)n1ncn(-c2ccc(N3CCN(c4ccc(C(F)(F)C(O)(Cn5cnnn5)c5ccc(F)cc5)nc4)CC3)cn2)c1=O.OC(Cn1cnnn1)(c1ccc(F)cc1)C(F)(F)c1ccc(Br)cn1. The van der Waals surface area contributed by atoms with Crippen LogP contribution in [-0.2, 0) is 36.1 Å². The smallest absolute Gasteiger partial charge is 0.351 e. The first-order valence-electron chi connectivity index (χ1n) is 22.7. The summed E-state index contributed by atoms with van der Waals surface area (Å²) in [6.45, 7) is 7.28. The molecule has 73 heavy (non-hydrogen) atoms. The van der Waals surface area contributed by atoms with Crippen molar-refractivity contribution in [3.8, 4) is 5.82 Å². The molecule has 0 amide bonds. The summed E-state index contributed by atoms with van der Waals surface area (Å²) in [4.78, 5) is 29.5. The second-order valence-corrected chi connectivity index (χ2v) is 18.4. The van der Waals surface area contributed by atoms with Crippen LogP contribution in [0.15, 0.2) is 132 Å². The highest BCUT2D eigenvalue weighted by molar-refractivity contribution is 9.10. The van der Waals surface area contributed by atoms with Crippen LogP contribution < -0.4 is 15.5 Å². The maximum absolute atomic E-state index is 16.1. The molecule has 2 unspecified atom stereocenters. The third kappa shape index (κ3) is 10.7. The number of piperazine rings is 1. The van der Waals surface area contributed by atoms with Crippen LogP contribution >= 0.6 is 15.9 Å². The monoisotopic (exact) mass is 1080 g/mol. The van der Waals surface area contributed by atoms with Gasteiger partial charge in [0.05, 0.1) is 42.9 Å². The van der Waals surface area contributed by atoms with Crippen molar-refractivity contribution in [3.63, 3.8) is 0 Å². The van der Waals surface area contributed by atoms with Gasteiger partial charge in [-0.05, 0) is 121 Å². The average Bonchev–Trinajstić information content (AvgIpc) is 4.19. The molecule has 1 saturated heterocycles. The van der Waals surface area contributed by atoms with Crippen molar-refractivity contribution in [2.24, 2.45) is 5.92 Å². The lowest BCUT2D eigenvalue weighted by Gasteiger charge is -2.38. The van der Waals surface area contributed by atoms with Gasteiger partial charge in [-0.2, -0.15) is 22.7 Å². The molecule has 2 N–H and O–H groups in total. The number of hydrogen-bond donors (Lipinski definition) is 2. The molecule has 6 aromatic heterocycles. The molecule has 0 saturated carbocycles. The van der Waals surface area contributed by atoms with Gasteiger partial charge in [-0.3, -0.25) is 9.97 Å². The van der Waals surface area contributed by atoms with Crippen molar-refractivity contribution >= 4 is 27.3 Å². The van der Waals surface area contributed by atoms with Gasteiger partial charge in [-0.1, -0.05) is 45.0 Å². The minimum atomic E-state index is -3.90. The summed E-state index contributed by atoms with van der Waals surface area (Å²) < 4.78 is 94.9. The lowest BCUT2D eigenvalue weighted by molar-refractivity contribution is -0.206. The zero-order valence-corrected chi connectivity index (χ0v) is 40.8. The van der Waals surface area contributed by atoms with Crippen molar-refractivity contribution in [2.75, 3.05) is 36.0 Å². The molecule has 1 aliphatic rings. The van der Waals surface area contributed by atoms with Gasteiger partial charge in [0.1, 0.15) is 47.8 Å². The number of aliphatic hydroxyl groups is 2. The first kappa shape index (κ1) is 51.9. The van der Waals surface area contributed by atoms with E-state index in [1.54, 1.807) is 18.3 Å². The van der Waals surface area contributed by atoms with Crippen LogP contribution in [0.3, 0.4) is 0 Å². The minimum Gasteiger partial charge on any atom is -0.377 e. The number of pyridine rings is 3. The van der Waals surface area contributed by atoms with Crippen molar-refractivity contribution in [1.82, 2.24) is 69.7 Å². The number of aromatic nitrogens is 14. The summed E-state index contributed by atoms with van der Waals surface area (Å²) in [5.41, 5.74) is -5.98. The Balaban J connectivity index is 0.000000238. The standard InChI is InChI=1S/C32H36F3N11O2.C15H11BrF3N5O/c1-4-27(22(2)3)46-30(47)45(21-39-46)29-12-10-26(18-37-29)43-15-13-42(14-16-43)25-9-11-28(36-17-25)32(34,35)31(48,19-44-20-38-40-41-44)23-5-7-24(33)8-6-23;16-11-3-6-13(20-7-11)15(18,19)14(25,8-24-9-21-22-23-24)10-1-4-12(17)5-2-10/h5-12,17-18,20-22,27,48H,4,13-16,19H2,1-3H3;1-7,9,25H,8H2/t27-,31?;/m0./s1. The lowest BCUT2D eigenvalue weighted by atomic mass is 9.85. The van der Waals surface area contributed by atoms with Crippen molar-refractivity contribution < 1.29 is 36.6 Å². The zero-order valence-electron chi connectivity index (χ0n) is 39.3. The van der Waals surface area contributed by atoms with Crippen LogP contribution in [0.1, 0.15) is 55.7 Å². The van der Waals surface area contributed by atoms with Gasteiger partial charge < -0.3 is 20.0 Å². The summed E-state index contributed by atoms with van der Waals surface area (Å²) in [6.07, 6.45) is 8.79. The van der Waals surface area contributed by atoms with E-state index in [1.165, 1.54) is 40.1 Å². The molecule has 9 rings (SSSR count). The van der Waals surface area contributed by atoms with Crippen LogP contribution in [-0.4, -0.2) is 106 Å². The van der Waals surface area contributed by atoms with E-state index in [0.717, 1.165) is 88.7 Å². The van der Waals surface area contributed by atoms with Gasteiger partial charge in [0, 0.05) is 36.8 Å². The molecule has 2 aromatic carbocycles. The highest BCUT2D eigenvalue weighted by Crippen LogP contribution is 2.47. The summed E-state index contributed by atoms with van der Waals surface area (Å²) in [6, 6.07) is 17.3. The number of halogens is 7. The number of tetrazole rings is 2. The Morgan fingerprint density at radius 3 is 1.48 bits per heavy atom. The van der Waals surface area contributed by atoms with E-state index in [1.807, 2.05) is 17.9 Å². The van der Waals surface area contributed by atoms with Gasteiger partial charge in [0.2, 0.25) is 0 Å². The normalized spacial score (nSPS) is 15.4. The average molecular weight is 1080 g/mol. The lowest BCUT2D eigenvalue weighted by Crippen LogP contribution is -2.48. The Bertz CT molecular complexity index is 3090. The van der Waals surface area contributed by atoms with E-state index in [2.05, 4.69) is 85.8 Å². The maximum Gasteiger partial charge on any atom is 0.351 e. The minimum absolute atomic E-state index is 0.00468. The molecule has 3 atom stereocenters. The van der Waals surface area contributed by atoms with E-state index < -0.39 is 59.2 Å². The molecule has 8 aromatic rings. The predicted molar refractivity (Wildman–Crippen MR) is 254 cm³/mol. The maximum atomic E-state index is 16.1. The van der Waals surface area contributed by atoms with E-state index >= 15 is 17.6 Å². The summed E-state index contributed by atoms with van der Waals surface area (Å²) >= 11 is 3.12. The molecule has 382 valence electrons. The third-order valence-corrected chi connectivity index (χ3v) is 13.0. The molecule has 19 nitrogen and oxygen atoms in total. The summed E-state index contributed by atoms with van der Waals surface area (Å²) in [7, 11) is 0. The van der Waals surface area contributed by atoms with Crippen LogP contribution in [0.2, 0.25) is 0 Å². The first-order chi connectivity index (χ1) is 34.8. The fourth-order valence-electron chi connectivity index (χ4n) is 8.47. The van der Waals surface area contributed by atoms with E-state index in [9.17, 15) is 23.8 Å². The largest absolute Gasteiger partial charge is 0.377 e. The molecule has 1 fully saturated rings.